The highest BCUT2D eigenvalue weighted by molar-refractivity contribution is 5.85. The van der Waals surface area contributed by atoms with Gasteiger partial charge in [-0.2, -0.15) is 0 Å². The van der Waals surface area contributed by atoms with Crippen LogP contribution in [0, 0.1) is 13.8 Å². The summed E-state index contributed by atoms with van der Waals surface area (Å²) in [7, 11) is 0. The first-order valence-corrected chi connectivity index (χ1v) is 5.32. The summed E-state index contributed by atoms with van der Waals surface area (Å²) in [5.74, 6) is -0.485. The van der Waals surface area contributed by atoms with E-state index in [1.165, 1.54) is 6.08 Å². The summed E-state index contributed by atoms with van der Waals surface area (Å²) < 4.78 is 1.78. The lowest BCUT2D eigenvalue weighted by Gasteiger charge is -2.02. The van der Waals surface area contributed by atoms with E-state index in [2.05, 4.69) is 15.0 Å². The van der Waals surface area contributed by atoms with Crippen molar-refractivity contribution in [3.05, 3.63) is 41.7 Å². The summed E-state index contributed by atoms with van der Waals surface area (Å²) >= 11 is 0. The molecule has 0 aliphatic heterocycles. The van der Waals surface area contributed by atoms with Crippen molar-refractivity contribution in [2.45, 2.75) is 13.8 Å². The first-order chi connectivity index (χ1) is 8.58. The Labute approximate surface area is 104 Å². The van der Waals surface area contributed by atoms with E-state index in [4.69, 9.17) is 5.11 Å². The van der Waals surface area contributed by atoms with Crippen molar-refractivity contribution in [3.63, 3.8) is 0 Å². The molecule has 0 atom stereocenters. The lowest BCUT2D eigenvalue weighted by atomic mass is 10.3. The molecule has 0 saturated heterocycles. The maximum absolute atomic E-state index is 10.4. The third-order valence-corrected chi connectivity index (χ3v) is 2.54. The van der Waals surface area contributed by atoms with Crippen LogP contribution in [0.15, 0.2) is 24.8 Å². The quantitative estimate of drug-likeness (QED) is 0.825. The molecule has 0 aromatic carbocycles. The molecular formula is C12H12N4O2. The van der Waals surface area contributed by atoms with Crippen LogP contribution in [0.1, 0.15) is 17.0 Å². The molecule has 0 fully saturated rings. The topological polar surface area (TPSA) is 80.9 Å². The van der Waals surface area contributed by atoms with Gasteiger partial charge in [0.25, 0.3) is 0 Å². The van der Waals surface area contributed by atoms with Crippen molar-refractivity contribution in [1.29, 1.82) is 0 Å². The van der Waals surface area contributed by atoms with Gasteiger partial charge in [-0.3, -0.25) is 4.57 Å². The molecule has 18 heavy (non-hydrogen) atoms. The highest BCUT2D eigenvalue weighted by Gasteiger charge is 2.06. The maximum atomic E-state index is 10.4. The number of carboxylic acid groups (broad SMARTS) is 1. The van der Waals surface area contributed by atoms with Crippen LogP contribution in [0.2, 0.25) is 0 Å². The SMILES string of the molecule is Cc1ncn(-c2ncc(/C=C/C(=O)O)cn2)c1C. The van der Waals surface area contributed by atoms with Crippen molar-refractivity contribution in [2.75, 3.05) is 0 Å². The number of carbonyl (C=O) groups is 1. The van der Waals surface area contributed by atoms with Crippen LogP contribution in [-0.2, 0) is 4.79 Å². The molecule has 0 aliphatic carbocycles. The molecule has 0 amide bonds. The number of aryl methyl sites for hydroxylation is 1. The van der Waals surface area contributed by atoms with E-state index in [9.17, 15) is 4.79 Å². The van der Waals surface area contributed by atoms with Gasteiger partial charge in [0, 0.05) is 29.7 Å². The van der Waals surface area contributed by atoms with Gasteiger partial charge in [-0.15, -0.1) is 0 Å². The molecule has 0 radical (unpaired) electrons. The summed E-state index contributed by atoms with van der Waals surface area (Å²) in [5.41, 5.74) is 2.54. The number of carboxylic acids is 1. The normalized spacial score (nSPS) is 11.0. The Kier molecular flexibility index (Phi) is 3.18. The van der Waals surface area contributed by atoms with Crippen molar-refractivity contribution in [2.24, 2.45) is 0 Å². The molecule has 0 aliphatic rings. The van der Waals surface area contributed by atoms with Gasteiger partial charge in [0.2, 0.25) is 5.95 Å². The second kappa shape index (κ2) is 4.79. The molecule has 0 spiro atoms. The Bertz CT molecular complexity index is 599. The van der Waals surface area contributed by atoms with Crippen LogP contribution in [0.4, 0.5) is 0 Å². The fourth-order valence-corrected chi connectivity index (χ4v) is 1.41. The van der Waals surface area contributed by atoms with Crippen molar-refractivity contribution in [1.82, 2.24) is 19.5 Å². The van der Waals surface area contributed by atoms with Crippen molar-refractivity contribution < 1.29 is 9.90 Å². The Morgan fingerprint density at radius 2 is 1.94 bits per heavy atom. The summed E-state index contributed by atoms with van der Waals surface area (Å²) in [6, 6.07) is 0. The smallest absolute Gasteiger partial charge is 0.328 e. The molecule has 1 N–H and O–H groups in total. The summed E-state index contributed by atoms with van der Waals surface area (Å²) in [6.07, 6.45) is 7.28. The molecule has 2 aromatic rings. The second-order valence-corrected chi connectivity index (χ2v) is 3.77. The highest BCUT2D eigenvalue weighted by Crippen LogP contribution is 2.09. The number of aromatic nitrogens is 4. The predicted molar refractivity (Wildman–Crippen MR) is 65.3 cm³/mol. The molecule has 0 unspecified atom stereocenters. The fourth-order valence-electron chi connectivity index (χ4n) is 1.41. The number of rotatable bonds is 3. The summed E-state index contributed by atoms with van der Waals surface area (Å²) in [5, 5.41) is 8.51. The van der Waals surface area contributed by atoms with E-state index in [0.29, 0.717) is 11.5 Å². The van der Waals surface area contributed by atoms with Gasteiger partial charge in [-0.1, -0.05) is 0 Å². The molecule has 2 rings (SSSR count). The van der Waals surface area contributed by atoms with Crippen LogP contribution in [0.3, 0.4) is 0 Å². The van der Waals surface area contributed by atoms with Gasteiger partial charge >= 0.3 is 5.97 Å². The lowest BCUT2D eigenvalue weighted by molar-refractivity contribution is -0.131. The van der Waals surface area contributed by atoms with Crippen LogP contribution in [0.5, 0.6) is 0 Å². The minimum atomic E-state index is -1.000. The minimum absolute atomic E-state index is 0.514. The van der Waals surface area contributed by atoms with E-state index in [-0.39, 0.29) is 0 Å². The van der Waals surface area contributed by atoms with Crippen LogP contribution < -0.4 is 0 Å². The van der Waals surface area contributed by atoms with E-state index in [1.807, 2.05) is 13.8 Å². The monoisotopic (exact) mass is 244 g/mol. The Morgan fingerprint density at radius 1 is 1.28 bits per heavy atom. The van der Waals surface area contributed by atoms with Crippen LogP contribution in [-0.4, -0.2) is 30.6 Å². The molecular weight excluding hydrogens is 232 g/mol. The number of hydrogen-bond donors (Lipinski definition) is 1. The number of nitrogens with zero attached hydrogens (tertiary/aromatic N) is 4. The third-order valence-electron chi connectivity index (χ3n) is 2.54. The Hall–Kier alpha value is -2.50. The van der Waals surface area contributed by atoms with Gasteiger partial charge < -0.3 is 5.11 Å². The molecule has 6 nitrogen and oxygen atoms in total. The zero-order valence-corrected chi connectivity index (χ0v) is 10.0. The van der Waals surface area contributed by atoms with Gasteiger partial charge in [0.05, 0.1) is 5.69 Å². The molecule has 6 heteroatoms. The molecule has 92 valence electrons. The van der Waals surface area contributed by atoms with Gasteiger partial charge in [-0.25, -0.2) is 19.7 Å². The van der Waals surface area contributed by atoms with Crippen molar-refractivity contribution in [3.8, 4) is 5.95 Å². The van der Waals surface area contributed by atoms with Gasteiger partial charge in [-0.05, 0) is 19.9 Å². The van der Waals surface area contributed by atoms with Gasteiger partial charge in [0.15, 0.2) is 0 Å². The first-order valence-electron chi connectivity index (χ1n) is 5.32. The predicted octanol–water partition coefficient (Wildman–Crippen LogP) is 1.38. The maximum Gasteiger partial charge on any atom is 0.328 e. The zero-order valence-electron chi connectivity index (χ0n) is 10.0. The molecule has 2 aromatic heterocycles. The summed E-state index contributed by atoms with van der Waals surface area (Å²) in [6.45, 7) is 3.85. The number of aliphatic carboxylic acids is 1. The number of hydrogen-bond acceptors (Lipinski definition) is 4. The Morgan fingerprint density at radius 3 is 2.44 bits per heavy atom. The molecule has 0 bridgehead atoms. The largest absolute Gasteiger partial charge is 0.478 e. The molecule has 0 saturated carbocycles. The van der Waals surface area contributed by atoms with Crippen LogP contribution in [0.25, 0.3) is 12.0 Å². The van der Waals surface area contributed by atoms with E-state index in [0.717, 1.165) is 17.5 Å². The van der Waals surface area contributed by atoms with Crippen LogP contribution >= 0.6 is 0 Å². The number of imidazole rings is 1. The Balaban J connectivity index is 2.28. The standard InChI is InChI=1S/C12H12N4O2/c1-8-9(2)16(7-15-8)12-13-5-10(6-14-12)3-4-11(17)18/h3-7H,1-2H3,(H,17,18)/b4-3+. The lowest BCUT2D eigenvalue weighted by Crippen LogP contribution is -2.01. The zero-order chi connectivity index (χ0) is 13.1. The van der Waals surface area contributed by atoms with Gasteiger partial charge in [0.1, 0.15) is 6.33 Å². The summed E-state index contributed by atoms with van der Waals surface area (Å²) in [4.78, 5) is 22.9. The second-order valence-electron chi connectivity index (χ2n) is 3.77. The average Bonchev–Trinajstić information content (AvgIpc) is 2.68. The van der Waals surface area contributed by atoms with E-state index >= 15 is 0 Å². The van der Waals surface area contributed by atoms with E-state index < -0.39 is 5.97 Å². The van der Waals surface area contributed by atoms with E-state index in [1.54, 1.807) is 23.3 Å². The molecule has 2 heterocycles. The first kappa shape index (κ1) is 12.0. The minimum Gasteiger partial charge on any atom is -0.478 e. The average molecular weight is 244 g/mol. The highest BCUT2D eigenvalue weighted by atomic mass is 16.4. The van der Waals surface area contributed by atoms with Crippen molar-refractivity contribution >= 4 is 12.0 Å². The fraction of sp³-hybridized carbons (Fsp3) is 0.167. The third kappa shape index (κ3) is 2.42.